The first kappa shape index (κ1) is 19.5. The third-order valence-corrected chi connectivity index (χ3v) is 4.01. The van der Waals surface area contributed by atoms with E-state index in [1.54, 1.807) is 13.8 Å². The van der Waals surface area contributed by atoms with Crippen LogP contribution in [0, 0.1) is 5.92 Å². The number of hydrogen-bond acceptors (Lipinski definition) is 9. The molecule has 2 rings (SSSR count). The number of H-pyrrole nitrogens is 1. The van der Waals surface area contributed by atoms with Crippen LogP contribution in [-0.2, 0) is 19.1 Å². The van der Waals surface area contributed by atoms with E-state index in [1.807, 2.05) is 4.90 Å². The molecule has 26 heavy (non-hydrogen) atoms. The number of carbonyl (C=O) groups is 2. The third-order valence-electron chi connectivity index (χ3n) is 4.01. The molecule has 0 bridgehead atoms. The lowest BCUT2D eigenvalue weighted by atomic mass is 10.1. The van der Waals surface area contributed by atoms with Crippen LogP contribution in [0.3, 0.4) is 0 Å². The Morgan fingerprint density at radius 3 is 2.42 bits per heavy atom. The van der Waals surface area contributed by atoms with Gasteiger partial charge in [0, 0.05) is 25.3 Å². The summed E-state index contributed by atoms with van der Waals surface area (Å²) in [5.74, 6) is -0.213. The first-order chi connectivity index (χ1) is 12.4. The minimum absolute atomic E-state index is 0.0488. The molecule has 1 aromatic rings. The predicted octanol–water partition coefficient (Wildman–Crippen LogP) is 0.454. The average Bonchev–Trinajstić information content (AvgIpc) is 3.03. The number of nitrogen functional groups attached to an aromatic ring is 1. The van der Waals surface area contributed by atoms with Crippen molar-refractivity contribution in [3.8, 4) is 0 Å². The molecule has 4 N–H and O–H groups in total. The predicted molar refractivity (Wildman–Crippen MR) is 95.7 cm³/mol. The Bertz CT molecular complexity index is 685. The fourth-order valence-electron chi connectivity index (χ4n) is 2.48. The zero-order valence-electron chi connectivity index (χ0n) is 15.0. The fourth-order valence-corrected chi connectivity index (χ4v) is 2.48. The molecule has 0 fully saturated rings. The molecule has 0 atom stereocenters. The number of nitrogens with two attached hydrogens (primary N) is 1. The molecular weight excluding hydrogens is 342 g/mol. The van der Waals surface area contributed by atoms with Crippen molar-refractivity contribution < 1.29 is 19.1 Å². The van der Waals surface area contributed by atoms with E-state index in [0.29, 0.717) is 31.1 Å². The molecule has 1 aromatic heterocycles. The summed E-state index contributed by atoms with van der Waals surface area (Å²) >= 11 is 0. The molecule has 0 spiro atoms. The SMILES string of the molecule is CCC(=O)OCC(CCN1CNc2c1nc(N)[nH]c2=O)COC(=O)CC. The number of aromatic amines is 1. The van der Waals surface area contributed by atoms with Crippen molar-refractivity contribution in [1.29, 1.82) is 0 Å². The Morgan fingerprint density at radius 1 is 1.23 bits per heavy atom. The fraction of sp³-hybridized carbons (Fsp3) is 0.625. The van der Waals surface area contributed by atoms with Crippen molar-refractivity contribution in [3.63, 3.8) is 0 Å². The van der Waals surface area contributed by atoms with Gasteiger partial charge in [0.1, 0.15) is 5.69 Å². The maximum atomic E-state index is 11.9. The molecule has 0 saturated heterocycles. The van der Waals surface area contributed by atoms with Crippen LogP contribution >= 0.6 is 0 Å². The second-order valence-corrected chi connectivity index (χ2v) is 5.98. The number of nitrogens with one attached hydrogen (secondary N) is 2. The zero-order chi connectivity index (χ0) is 19.1. The second-order valence-electron chi connectivity index (χ2n) is 5.98. The lowest BCUT2D eigenvalue weighted by molar-refractivity contribution is -0.148. The molecule has 0 aliphatic carbocycles. The molecule has 144 valence electrons. The normalized spacial score (nSPS) is 12.7. The van der Waals surface area contributed by atoms with E-state index in [4.69, 9.17) is 15.2 Å². The Labute approximate surface area is 151 Å². The van der Waals surface area contributed by atoms with Crippen LogP contribution < -0.4 is 21.5 Å². The number of ether oxygens (including phenoxy) is 2. The van der Waals surface area contributed by atoms with Gasteiger partial charge in [-0.25, -0.2) is 0 Å². The number of nitrogens with zero attached hydrogens (tertiary/aromatic N) is 2. The topological polar surface area (TPSA) is 140 Å². The van der Waals surface area contributed by atoms with Crippen LogP contribution in [0.1, 0.15) is 33.1 Å². The molecule has 0 saturated carbocycles. The third kappa shape index (κ3) is 5.11. The molecule has 0 amide bonds. The first-order valence-electron chi connectivity index (χ1n) is 8.64. The quantitative estimate of drug-likeness (QED) is 0.531. The van der Waals surface area contributed by atoms with Crippen LogP contribution in [-0.4, -0.2) is 48.3 Å². The van der Waals surface area contributed by atoms with Crippen molar-refractivity contribution in [3.05, 3.63) is 10.4 Å². The number of esters is 2. The van der Waals surface area contributed by atoms with Gasteiger partial charge in [-0.1, -0.05) is 13.8 Å². The molecule has 10 heteroatoms. The van der Waals surface area contributed by atoms with Crippen molar-refractivity contribution >= 4 is 29.4 Å². The highest BCUT2D eigenvalue weighted by molar-refractivity contribution is 5.71. The Balaban J connectivity index is 1.97. The maximum absolute atomic E-state index is 11.9. The van der Waals surface area contributed by atoms with Gasteiger partial charge in [0.2, 0.25) is 5.95 Å². The van der Waals surface area contributed by atoms with Gasteiger partial charge in [-0.3, -0.25) is 19.4 Å². The van der Waals surface area contributed by atoms with Crippen LogP contribution in [0.5, 0.6) is 0 Å². The largest absolute Gasteiger partial charge is 0.465 e. The average molecular weight is 367 g/mol. The zero-order valence-corrected chi connectivity index (χ0v) is 15.0. The molecule has 1 aliphatic heterocycles. The van der Waals surface area contributed by atoms with Gasteiger partial charge >= 0.3 is 11.9 Å². The van der Waals surface area contributed by atoms with E-state index in [1.165, 1.54) is 0 Å². The highest BCUT2D eigenvalue weighted by Gasteiger charge is 2.25. The Morgan fingerprint density at radius 2 is 1.85 bits per heavy atom. The summed E-state index contributed by atoms with van der Waals surface area (Å²) in [5, 5.41) is 2.98. The minimum Gasteiger partial charge on any atom is -0.465 e. The first-order valence-corrected chi connectivity index (χ1v) is 8.64. The van der Waals surface area contributed by atoms with Gasteiger partial charge in [-0.15, -0.1) is 0 Å². The van der Waals surface area contributed by atoms with E-state index >= 15 is 0 Å². The number of aromatic nitrogens is 2. The van der Waals surface area contributed by atoms with Gasteiger partial charge in [-0.2, -0.15) is 4.98 Å². The van der Waals surface area contributed by atoms with E-state index < -0.39 is 0 Å². The van der Waals surface area contributed by atoms with Crippen molar-refractivity contribution in [2.45, 2.75) is 33.1 Å². The lowest BCUT2D eigenvalue weighted by Gasteiger charge is -2.22. The van der Waals surface area contributed by atoms with Crippen molar-refractivity contribution in [2.75, 3.05) is 42.4 Å². The highest BCUT2D eigenvalue weighted by Crippen LogP contribution is 2.26. The van der Waals surface area contributed by atoms with E-state index in [-0.39, 0.29) is 55.4 Å². The van der Waals surface area contributed by atoms with Crippen LogP contribution in [0.4, 0.5) is 17.5 Å². The van der Waals surface area contributed by atoms with Gasteiger partial charge in [0.25, 0.3) is 5.56 Å². The smallest absolute Gasteiger partial charge is 0.305 e. The number of carbonyl (C=O) groups excluding carboxylic acids is 2. The summed E-state index contributed by atoms with van der Waals surface area (Å²) in [4.78, 5) is 43.1. The summed E-state index contributed by atoms with van der Waals surface area (Å²) in [6.07, 6.45) is 1.16. The molecule has 2 heterocycles. The van der Waals surface area contributed by atoms with Crippen LogP contribution in [0.2, 0.25) is 0 Å². The summed E-state index contributed by atoms with van der Waals surface area (Å²) in [6.45, 7) is 4.73. The van der Waals surface area contributed by atoms with E-state index in [2.05, 4.69) is 15.3 Å². The molecule has 10 nitrogen and oxygen atoms in total. The Kier molecular flexibility index (Phi) is 6.81. The van der Waals surface area contributed by atoms with Crippen molar-refractivity contribution in [2.24, 2.45) is 5.92 Å². The molecule has 0 radical (unpaired) electrons. The second kappa shape index (κ2) is 9.07. The monoisotopic (exact) mass is 367 g/mol. The summed E-state index contributed by atoms with van der Waals surface area (Å²) in [6, 6.07) is 0. The number of hydrogen-bond donors (Lipinski definition) is 3. The van der Waals surface area contributed by atoms with Gasteiger partial charge < -0.3 is 25.4 Å². The van der Waals surface area contributed by atoms with Crippen LogP contribution in [0.15, 0.2) is 4.79 Å². The minimum atomic E-state index is -0.319. The van der Waals surface area contributed by atoms with Crippen LogP contribution in [0.25, 0.3) is 0 Å². The van der Waals surface area contributed by atoms with E-state index in [0.717, 1.165) is 0 Å². The molecule has 0 aromatic carbocycles. The summed E-state index contributed by atoms with van der Waals surface area (Å²) in [7, 11) is 0. The van der Waals surface area contributed by atoms with Gasteiger partial charge in [0.05, 0.1) is 19.9 Å². The standard InChI is InChI=1S/C16H25N5O5/c1-3-11(22)25-7-10(8-26-12(23)4-2)5-6-21-9-18-13-14(21)19-16(17)20-15(13)24/h10,18H,3-9H2,1-2H3,(H3,17,19,20,24). The van der Waals surface area contributed by atoms with Gasteiger partial charge in [0.15, 0.2) is 5.82 Å². The maximum Gasteiger partial charge on any atom is 0.305 e. The number of fused-ring (bicyclic) bond motifs is 1. The summed E-state index contributed by atoms with van der Waals surface area (Å²) in [5.41, 5.74) is 5.67. The summed E-state index contributed by atoms with van der Waals surface area (Å²) < 4.78 is 10.4. The Hall–Kier alpha value is -2.78. The van der Waals surface area contributed by atoms with Gasteiger partial charge in [-0.05, 0) is 6.42 Å². The molecular formula is C16H25N5O5. The lowest BCUT2D eigenvalue weighted by Crippen LogP contribution is -2.29. The highest BCUT2D eigenvalue weighted by atomic mass is 16.5. The number of anilines is 3. The van der Waals surface area contributed by atoms with Crippen molar-refractivity contribution in [1.82, 2.24) is 9.97 Å². The molecule has 0 unspecified atom stereocenters. The van der Waals surface area contributed by atoms with E-state index in [9.17, 15) is 14.4 Å². The molecule has 1 aliphatic rings. The number of rotatable bonds is 9.